The Kier molecular flexibility index (Phi) is 5.87. The third-order valence-electron chi connectivity index (χ3n) is 2.22. The van der Waals surface area contributed by atoms with Crippen molar-refractivity contribution in [1.29, 1.82) is 0 Å². The Morgan fingerprint density at radius 1 is 1.44 bits per heavy atom. The average Bonchev–Trinajstić information content (AvgIpc) is 2.28. The second-order valence-corrected chi connectivity index (χ2v) is 5.80. The normalized spacial score (nSPS) is 11.7. The maximum Gasteiger partial charge on any atom is 0.242 e. The van der Waals surface area contributed by atoms with Crippen LogP contribution >= 0.6 is 11.6 Å². The van der Waals surface area contributed by atoms with E-state index in [2.05, 4.69) is 4.72 Å². The second kappa shape index (κ2) is 6.94. The summed E-state index contributed by atoms with van der Waals surface area (Å²) in [5.74, 6) is 0. The molecule has 0 heterocycles. The zero-order chi connectivity index (χ0) is 13.6. The minimum atomic E-state index is -3.58. The van der Waals surface area contributed by atoms with Crippen LogP contribution in [0, 0.1) is 0 Å². The number of halogens is 1. The molecule has 0 saturated carbocycles. The van der Waals surface area contributed by atoms with Crippen LogP contribution in [0.1, 0.15) is 13.3 Å². The van der Waals surface area contributed by atoms with Gasteiger partial charge in [0.1, 0.15) is 4.90 Å². The summed E-state index contributed by atoms with van der Waals surface area (Å²) in [6.07, 6.45) is 0.612. The lowest BCUT2D eigenvalue weighted by molar-refractivity contribution is 0.146. The third kappa shape index (κ3) is 4.45. The van der Waals surface area contributed by atoms with Crippen LogP contribution < -0.4 is 10.5 Å². The first-order valence-corrected chi connectivity index (χ1v) is 7.46. The van der Waals surface area contributed by atoms with Crippen molar-refractivity contribution in [3.63, 3.8) is 0 Å². The van der Waals surface area contributed by atoms with Gasteiger partial charge >= 0.3 is 0 Å². The number of nitrogens with two attached hydrogens (primary N) is 1. The minimum absolute atomic E-state index is 0.0447. The number of nitrogens with one attached hydrogen (secondary N) is 1. The van der Waals surface area contributed by atoms with Gasteiger partial charge in [-0.25, -0.2) is 13.1 Å². The molecule has 18 heavy (non-hydrogen) atoms. The van der Waals surface area contributed by atoms with Gasteiger partial charge in [0.25, 0.3) is 0 Å². The predicted octanol–water partition coefficient (Wildman–Crippen LogP) is 1.63. The summed E-state index contributed by atoms with van der Waals surface area (Å²) in [6, 6.07) is 4.30. The van der Waals surface area contributed by atoms with Crippen LogP contribution in [-0.4, -0.2) is 28.2 Å². The summed E-state index contributed by atoms with van der Waals surface area (Å²) in [6.45, 7) is 3.34. The van der Waals surface area contributed by atoms with E-state index in [1.807, 2.05) is 6.92 Å². The highest BCUT2D eigenvalue weighted by Crippen LogP contribution is 2.22. The number of sulfonamides is 1. The summed E-state index contributed by atoms with van der Waals surface area (Å²) >= 11 is 5.72. The Morgan fingerprint density at radius 3 is 2.78 bits per heavy atom. The average molecular weight is 293 g/mol. The first kappa shape index (κ1) is 15.2. The topological polar surface area (TPSA) is 81.4 Å². The van der Waals surface area contributed by atoms with Gasteiger partial charge in [-0.15, -0.1) is 0 Å². The molecule has 0 atom stereocenters. The van der Waals surface area contributed by atoms with Crippen LogP contribution in [-0.2, 0) is 14.8 Å². The molecule has 0 aliphatic carbocycles. The number of hydrogen-bond acceptors (Lipinski definition) is 4. The smallest absolute Gasteiger partial charge is 0.242 e. The molecule has 5 nitrogen and oxygen atoms in total. The molecule has 0 aromatic heterocycles. The SMILES string of the molecule is CCOCCCNS(=O)(=O)c1ccc(Cl)cc1N. The number of ether oxygens (including phenoxy) is 1. The van der Waals surface area contributed by atoms with Crippen LogP contribution in [0.2, 0.25) is 5.02 Å². The highest BCUT2D eigenvalue weighted by atomic mass is 35.5. The molecule has 1 aromatic rings. The molecule has 0 amide bonds. The summed E-state index contributed by atoms with van der Waals surface area (Å²) in [7, 11) is -3.58. The van der Waals surface area contributed by atoms with Gasteiger partial charge in [0.15, 0.2) is 0 Å². The molecule has 0 unspecified atom stereocenters. The Bertz CT molecular complexity index is 491. The van der Waals surface area contributed by atoms with E-state index in [9.17, 15) is 8.42 Å². The highest BCUT2D eigenvalue weighted by molar-refractivity contribution is 7.89. The monoisotopic (exact) mass is 292 g/mol. The molecular formula is C11H17ClN2O3S. The fourth-order valence-electron chi connectivity index (χ4n) is 1.37. The zero-order valence-corrected chi connectivity index (χ0v) is 11.7. The van der Waals surface area contributed by atoms with Gasteiger partial charge < -0.3 is 10.5 Å². The quantitative estimate of drug-likeness (QED) is 0.591. The Labute approximate surface area is 112 Å². The van der Waals surface area contributed by atoms with Crippen molar-refractivity contribution < 1.29 is 13.2 Å². The molecule has 7 heteroatoms. The molecule has 1 rings (SSSR count). The number of benzene rings is 1. The first-order valence-electron chi connectivity index (χ1n) is 5.60. The maximum absolute atomic E-state index is 11.9. The van der Waals surface area contributed by atoms with Crippen molar-refractivity contribution in [3.8, 4) is 0 Å². The molecule has 0 aliphatic rings. The minimum Gasteiger partial charge on any atom is -0.398 e. The molecule has 1 aromatic carbocycles. The summed E-state index contributed by atoms with van der Waals surface area (Å²) in [5.41, 5.74) is 5.77. The molecule has 3 N–H and O–H groups in total. The molecule has 0 radical (unpaired) electrons. The molecule has 0 fully saturated rings. The van der Waals surface area contributed by atoms with E-state index < -0.39 is 10.0 Å². The summed E-state index contributed by atoms with van der Waals surface area (Å²) in [4.78, 5) is 0.0447. The molecule has 0 saturated heterocycles. The van der Waals surface area contributed by atoms with Crippen molar-refractivity contribution in [2.24, 2.45) is 0 Å². The van der Waals surface area contributed by atoms with E-state index in [0.717, 1.165) is 0 Å². The van der Waals surface area contributed by atoms with Gasteiger partial charge in [-0.05, 0) is 31.5 Å². The van der Waals surface area contributed by atoms with E-state index in [0.29, 0.717) is 31.2 Å². The van der Waals surface area contributed by atoms with Gasteiger partial charge in [0, 0.05) is 24.8 Å². The van der Waals surface area contributed by atoms with Crippen molar-refractivity contribution in [2.75, 3.05) is 25.5 Å². The Balaban J connectivity index is 2.63. The molecule has 102 valence electrons. The van der Waals surface area contributed by atoms with Gasteiger partial charge in [-0.1, -0.05) is 11.6 Å². The molecule has 0 aliphatic heterocycles. The fourth-order valence-corrected chi connectivity index (χ4v) is 2.73. The lowest BCUT2D eigenvalue weighted by atomic mass is 10.3. The van der Waals surface area contributed by atoms with Crippen LogP contribution in [0.15, 0.2) is 23.1 Å². The van der Waals surface area contributed by atoms with E-state index >= 15 is 0 Å². The summed E-state index contributed by atoms with van der Waals surface area (Å²) < 4.78 is 31.4. The van der Waals surface area contributed by atoms with Crippen LogP contribution in [0.3, 0.4) is 0 Å². The van der Waals surface area contributed by atoms with Crippen molar-refractivity contribution in [3.05, 3.63) is 23.2 Å². The third-order valence-corrected chi connectivity index (χ3v) is 3.99. The first-order chi connectivity index (χ1) is 8.47. The molecular weight excluding hydrogens is 276 g/mol. The Morgan fingerprint density at radius 2 is 2.17 bits per heavy atom. The predicted molar refractivity (Wildman–Crippen MR) is 72.2 cm³/mol. The highest BCUT2D eigenvalue weighted by Gasteiger charge is 2.16. The van der Waals surface area contributed by atoms with Crippen molar-refractivity contribution >= 4 is 27.3 Å². The Hall–Kier alpha value is -0.820. The maximum atomic E-state index is 11.9. The van der Waals surface area contributed by atoms with Gasteiger partial charge in [-0.3, -0.25) is 0 Å². The number of hydrogen-bond donors (Lipinski definition) is 2. The van der Waals surface area contributed by atoms with Gasteiger partial charge in [0.05, 0.1) is 5.69 Å². The van der Waals surface area contributed by atoms with Crippen LogP contribution in [0.4, 0.5) is 5.69 Å². The standard InChI is InChI=1S/C11H17ClN2O3S/c1-2-17-7-3-6-14-18(15,16)11-5-4-9(12)8-10(11)13/h4-5,8,14H,2-3,6-7,13H2,1H3. The second-order valence-electron chi connectivity index (χ2n) is 3.63. The summed E-state index contributed by atoms with van der Waals surface area (Å²) in [5, 5.41) is 0.405. The largest absolute Gasteiger partial charge is 0.398 e. The fraction of sp³-hybridized carbons (Fsp3) is 0.455. The number of anilines is 1. The van der Waals surface area contributed by atoms with Gasteiger partial charge in [0.2, 0.25) is 10.0 Å². The van der Waals surface area contributed by atoms with E-state index in [1.54, 1.807) is 0 Å². The van der Waals surface area contributed by atoms with E-state index in [4.69, 9.17) is 22.1 Å². The number of rotatable bonds is 7. The van der Waals surface area contributed by atoms with Gasteiger partial charge in [-0.2, -0.15) is 0 Å². The van der Waals surface area contributed by atoms with E-state index in [1.165, 1.54) is 18.2 Å². The van der Waals surface area contributed by atoms with E-state index in [-0.39, 0.29) is 10.6 Å². The number of nitrogen functional groups attached to an aromatic ring is 1. The lowest BCUT2D eigenvalue weighted by Crippen LogP contribution is -2.26. The molecule has 0 bridgehead atoms. The molecule has 0 spiro atoms. The van der Waals surface area contributed by atoms with Crippen molar-refractivity contribution in [1.82, 2.24) is 4.72 Å². The zero-order valence-electron chi connectivity index (χ0n) is 10.1. The van der Waals surface area contributed by atoms with Crippen LogP contribution in [0.25, 0.3) is 0 Å². The van der Waals surface area contributed by atoms with Crippen LogP contribution in [0.5, 0.6) is 0 Å². The lowest BCUT2D eigenvalue weighted by Gasteiger charge is -2.09. The van der Waals surface area contributed by atoms with Crippen molar-refractivity contribution in [2.45, 2.75) is 18.2 Å².